The molecule has 1 heterocycles. The van der Waals surface area contributed by atoms with E-state index in [1.54, 1.807) is 0 Å². The first-order valence-electron chi connectivity index (χ1n) is 7.24. The summed E-state index contributed by atoms with van der Waals surface area (Å²) in [6.45, 7) is 5.00. The van der Waals surface area contributed by atoms with E-state index < -0.39 is 0 Å². The van der Waals surface area contributed by atoms with Crippen LogP contribution in [0.25, 0.3) is 0 Å². The Balaban J connectivity index is 1.59. The fraction of sp³-hybridized carbons (Fsp3) is 1.00. The molecule has 0 aromatic heterocycles. The second-order valence-electron chi connectivity index (χ2n) is 5.82. The molecule has 1 saturated heterocycles. The summed E-state index contributed by atoms with van der Waals surface area (Å²) in [5, 5.41) is 10.0. The number of hydrogen-bond donors (Lipinski definition) is 1. The summed E-state index contributed by atoms with van der Waals surface area (Å²) in [5.74, 6) is 0.846. The number of nitrogens with zero attached hydrogens (tertiary/aromatic N) is 1. The van der Waals surface area contributed by atoms with Crippen LogP contribution >= 0.6 is 0 Å². The van der Waals surface area contributed by atoms with Gasteiger partial charge in [-0.15, -0.1) is 0 Å². The Morgan fingerprint density at radius 1 is 1.28 bits per heavy atom. The molecule has 2 aliphatic rings. The number of hydrogen-bond acceptors (Lipinski definition) is 4. The molecule has 2 atom stereocenters. The van der Waals surface area contributed by atoms with Crippen LogP contribution in [-0.2, 0) is 9.47 Å². The van der Waals surface area contributed by atoms with Crippen molar-refractivity contribution in [3.63, 3.8) is 0 Å². The van der Waals surface area contributed by atoms with E-state index in [-0.39, 0.29) is 12.2 Å². The van der Waals surface area contributed by atoms with Crippen LogP contribution in [0.3, 0.4) is 0 Å². The summed E-state index contributed by atoms with van der Waals surface area (Å²) in [5.41, 5.74) is 0. The van der Waals surface area contributed by atoms with Crippen molar-refractivity contribution in [2.45, 2.75) is 50.9 Å². The monoisotopic (exact) mass is 257 g/mol. The molecule has 1 N–H and O–H groups in total. The van der Waals surface area contributed by atoms with Crippen LogP contribution in [-0.4, -0.2) is 61.7 Å². The summed E-state index contributed by atoms with van der Waals surface area (Å²) < 4.78 is 11.0. The second-order valence-corrected chi connectivity index (χ2v) is 5.82. The Labute approximate surface area is 110 Å². The third-order valence-electron chi connectivity index (χ3n) is 4.19. The van der Waals surface area contributed by atoms with E-state index >= 15 is 0 Å². The summed E-state index contributed by atoms with van der Waals surface area (Å²) in [6, 6.07) is 0.586. The number of aliphatic hydroxyl groups is 1. The molecule has 1 aliphatic heterocycles. The van der Waals surface area contributed by atoms with E-state index in [4.69, 9.17) is 9.47 Å². The zero-order valence-electron chi connectivity index (χ0n) is 11.7. The van der Waals surface area contributed by atoms with Crippen LogP contribution in [0, 0.1) is 5.92 Å². The lowest BCUT2D eigenvalue weighted by Crippen LogP contribution is -2.39. The predicted molar refractivity (Wildman–Crippen MR) is 70.6 cm³/mol. The summed E-state index contributed by atoms with van der Waals surface area (Å²) in [7, 11) is 2.10. The molecule has 1 saturated carbocycles. The molecule has 2 unspecified atom stereocenters. The highest BCUT2D eigenvalue weighted by Gasteiger charge is 2.31. The van der Waals surface area contributed by atoms with E-state index in [2.05, 4.69) is 18.9 Å². The van der Waals surface area contributed by atoms with Crippen LogP contribution in [0.4, 0.5) is 0 Å². The van der Waals surface area contributed by atoms with Crippen LogP contribution in [0.15, 0.2) is 0 Å². The maximum absolute atomic E-state index is 10.0. The molecular formula is C14H27NO3. The van der Waals surface area contributed by atoms with Gasteiger partial charge in [-0.25, -0.2) is 0 Å². The molecule has 2 fully saturated rings. The molecule has 0 spiro atoms. The maximum Gasteiger partial charge on any atom is 0.0900 e. The molecular weight excluding hydrogens is 230 g/mol. The van der Waals surface area contributed by atoms with E-state index in [0.29, 0.717) is 19.2 Å². The van der Waals surface area contributed by atoms with Gasteiger partial charge in [0, 0.05) is 25.8 Å². The highest BCUT2D eigenvalue weighted by atomic mass is 16.5. The summed E-state index contributed by atoms with van der Waals surface area (Å²) >= 11 is 0. The lowest BCUT2D eigenvalue weighted by atomic mass is 10.1. The fourth-order valence-electron chi connectivity index (χ4n) is 2.58. The largest absolute Gasteiger partial charge is 0.389 e. The van der Waals surface area contributed by atoms with Gasteiger partial charge in [-0.1, -0.05) is 0 Å². The molecule has 4 nitrogen and oxygen atoms in total. The third-order valence-corrected chi connectivity index (χ3v) is 4.19. The van der Waals surface area contributed by atoms with Crippen LogP contribution in [0.1, 0.15) is 32.6 Å². The Hall–Kier alpha value is -0.160. The molecule has 106 valence electrons. The predicted octanol–water partition coefficient (Wildman–Crippen LogP) is 1.27. The normalized spacial score (nSPS) is 25.3. The zero-order chi connectivity index (χ0) is 13.0. The number of ether oxygens (including phenoxy) is 2. The SMILES string of the molecule is CC(C1CC1)N(C)CC(O)COC1CCOCC1. The quantitative estimate of drug-likeness (QED) is 0.746. The van der Waals surface area contributed by atoms with Gasteiger partial charge in [-0.05, 0) is 45.6 Å². The topological polar surface area (TPSA) is 41.9 Å². The van der Waals surface area contributed by atoms with E-state index in [0.717, 1.165) is 32.0 Å². The molecule has 0 bridgehead atoms. The Kier molecular flexibility index (Phi) is 5.42. The fourth-order valence-corrected chi connectivity index (χ4v) is 2.58. The van der Waals surface area contributed by atoms with Crippen molar-refractivity contribution < 1.29 is 14.6 Å². The van der Waals surface area contributed by atoms with Crippen molar-refractivity contribution in [1.82, 2.24) is 4.90 Å². The highest BCUT2D eigenvalue weighted by molar-refractivity contribution is 4.84. The Morgan fingerprint density at radius 3 is 2.56 bits per heavy atom. The number of likely N-dealkylation sites (N-methyl/N-ethyl adjacent to an activating group) is 1. The molecule has 1 aliphatic carbocycles. The lowest BCUT2D eigenvalue weighted by Gasteiger charge is -2.28. The maximum atomic E-state index is 10.0. The van der Waals surface area contributed by atoms with Crippen molar-refractivity contribution in [3.8, 4) is 0 Å². The summed E-state index contributed by atoms with van der Waals surface area (Å²) in [6.07, 6.45) is 4.52. The van der Waals surface area contributed by atoms with Crippen molar-refractivity contribution in [3.05, 3.63) is 0 Å². The zero-order valence-corrected chi connectivity index (χ0v) is 11.7. The minimum absolute atomic E-state index is 0.277. The van der Waals surface area contributed by atoms with Gasteiger partial charge in [0.1, 0.15) is 0 Å². The van der Waals surface area contributed by atoms with Gasteiger partial charge in [0.2, 0.25) is 0 Å². The average Bonchev–Trinajstić information content (AvgIpc) is 3.21. The van der Waals surface area contributed by atoms with Crippen molar-refractivity contribution in [2.75, 3.05) is 33.4 Å². The number of rotatable bonds is 7. The van der Waals surface area contributed by atoms with Crippen molar-refractivity contribution in [2.24, 2.45) is 5.92 Å². The van der Waals surface area contributed by atoms with Crippen LogP contribution in [0.2, 0.25) is 0 Å². The molecule has 18 heavy (non-hydrogen) atoms. The Morgan fingerprint density at radius 2 is 1.94 bits per heavy atom. The van der Waals surface area contributed by atoms with Gasteiger partial charge >= 0.3 is 0 Å². The second kappa shape index (κ2) is 6.85. The van der Waals surface area contributed by atoms with Gasteiger partial charge in [0.25, 0.3) is 0 Å². The first-order chi connectivity index (χ1) is 8.66. The van der Waals surface area contributed by atoms with Crippen molar-refractivity contribution >= 4 is 0 Å². The first kappa shape index (κ1) is 14.3. The molecule has 0 aromatic rings. The van der Waals surface area contributed by atoms with Gasteiger partial charge < -0.3 is 19.5 Å². The van der Waals surface area contributed by atoms with Gasteiger partial charge in [0.15, 0.2) is 0 Å². The summed E-state index contributed by atoms with van der Waals surface area (Å²) in [4.78, 5) is 2.26. The standard InChI is InChI=1S/C14H27NO3/c1-11(12-3-4-12)15(2)9-13(16)10-18-14-5-7-17-8-6-14/h11-14,16H,3-10H2,1-2H3. The van der Waals surface area contributed by atoms with Gasteiger partial charge in [-0.2, -0.15) is 0 Å². The van der Waals surface area contributed by atoms with Crippen molar-refractivity contribution in [1.29, 1.82) is 0 Å². The van der Waals surface area contributed by atoms with Crippen LogP contribution in [0.5, 0.6) is 0 Å². The molecule has 0 amide bonds. The van der Waals surface area contributed by atoms with E-state index in [1.165, 1.54) is 12.8 Å². The average molecular weight is 257 g/mol. The lowest BCUT2D eigenvalue weighted by molar-refractivity contribution is -0.0647. The minimum atomic E-state index is -0.376. The highest BCUT2D eigenvalue weighted by Crippen LogP contribution is 2.34. The molecule has 0 aromatic carbocycles. The Bertz CT molecular complexity index is 239. The minimum Gasteiger partial charge on any atom is -0.389 e. The molecule has 4 heteroatoms. The van der Waals surface area contributed by atoms with E-state index in [1.807, 2.05) is 0 Å². The van der Waals surface area contributed by atoms with Crippen LogP contribution < -0.4 is 0 Å². The smallest absolute Gasteiger partial charge is 0.0900 e. The van der Waals surface area contributed by atoms with Gasteiger partial charge in [0.05, 0.1) is 18.8 Å². The molecule has 2 rings (SSSR count). The third kappa shape index (κ3) is 4.50. The first-order valence-corrected chi connectivity index (χ1v) is 7.24. The van der Waals surface area contributed by atoms with E-state index in [9.17, 15) is 5.11 Å². The van der Waals surface area contributed by atoms with Gasteiger partial charge in [-0.3, -0.25) is 0 Å². The number of aliphatic hydroxyl groups excluding tert-OH is 1. The molecule has 0 radical (unpaired) electrons.